The Kier molecular flexibility index (Phi) is 4.21. The fraction of sp³-hybridized carbons (Fsp3) is 0.429. The van der Waals surface area contributed by atoms with E-state index in [1.165, 1.54) is 0 Å². The summed E-state index contributed by atoms with van der Waals surface area (Å²) in [5.41, 5.74) is 7.64. The Bertz CT molecular complexity index is 370. The van der Waals surface area contributed by atoms with E-state index in [1.807, 2.05) is 0 Å². The van der Waals surface area contributed by atoms with Gasteiger partial charge in [0.1, 0.15) is 0 Å². The van der Waals surface area contributed by atoms with Crippen LogP contribution in [0.5, 0.6) is 0 Å². The highest BCUT2D eigenvalue weighted by Crippen LogP contribution is 2.05. The molecule has 0 aliphatic carbocycles. The Morgan fingerprint density at radius 1 is 1.31 bits per heavy atom. The van der Waals surface area contributed by atoms with Gasteiger partial charge in [-0.05, 0) is 6.42 Å². The largest absolute Gasteiger partial charge is 0.481 e. The van der Waals surface area contributed by atoms with Crippen LogP contribution in [0, 0.1) is 0 Å². The van der Waals surface area contributed by atoms with Gasteiger partial charge >= 0.3 is 5.97 Å². The molecule has 0 bridgehead atoms. The fourth-order valence-electron chi connectivity index (χ4n) is 0.976. The number of aromatic nitrogens is 3. The minimum atomic E-state index is -0.846. The molecule has 0 radical (unpaired) electrons. The van der Waals surface area contributed by atoms with E-state index in [0.717, 1.165) is 0 Å². The summed E-state index contributed by atoms with van der Waals surface area (Å²) in [6, 6.07) is 0. The van der Waals surface area contributed by atoms with E-state index in [2.05, 4.69) is 25.7 Å². The summed E-state index contributed by atoms with van der Waals surface area (Å²) in [7, 11) is 0. The average molecular weight is 227 g/mol. The van der Waals surface area contributed by atoms with E-state index in [1.54, 1.807) is 0 Å². The number of nitrogens with one attached hydrogen (secondary N) is 2. The van der Waals surface area contributed by atoms with Gasteiger partial charge in [-0.2, -0.15) is 15.0 Å². The number of nitrogens with zero attached hydrogens (tertiary/aromatic N) is 3. The number of carbonyl (C=O) groups is 1. The van der Waals surface area contributed by atoms with Crippen molar-refractivity contribution < 1.29 is 9.90 Å². The molecular weight excluding hydrogens is 214 g/mol. The summed E-state index contributed by atoms with van der Waals surface area (Å²) in [6.45, 7) is 0.430. The van der Waals surface area contributed by atoms with Crippen molar-refractivity contribution in [2.45, 2.75) is 12.8 Å². The third-order valence-electron chi connectivity index (χ3n) is 1.63. The average Bonchev–Trinajstić information content (AvgIpc) is 2.23. The minimum Gasteiger partial charge on any atom is -0.481 e. The van der Waals surface area contributed by atoms with Crippen molar-refractivity contribution in [1.29, 1.82) is 0 Å². The van der Waals surface area contributed by atoms with Crippen molar-refractivity contribution >= 4 is 23.8 Å². The summed E-state index contributed by atoms with van der Waals surface area (Å²) >= 11 is 0. The topological polar surface area (TPSA) is 152 Å². The van der Waals surface area contributed by atoms with Crippen LogP contribution in [0.3, 0.4) is 0 Å². The standard InChI is InChI=1S/C7H13N7O2/c8-5-11-6(13-7(12-5)14-9)10-3-1-2-4(15)16/h1-3,9H2,(H,15,16)(H4,8,10,11,12,13,14). The highest BCUT2D eigenvalue weighted by Gasteiger charge is 2.02. The molecule has 0 saturated carbocycles. The molecule has 0 aliphatic rings. The number of hydrogen-bond acceptors (Lipinski definition) is 8. The molecular formula is C7H13N7O2. The highest BCUT2D eigenvalue weighted by atomic mass is 16.4. The van der Waals surface area contributed by atoms with E-state index in [0.29, 0.717) is 13.0 Å². The van der Waals surface area contributed by atoms with Gasteiger partial charge in [-0.25, -0.2) is 5.84 Å². The number of carboxylic acids is 1. The quantitative estimate of drug-likeness (QED) is 0.234. The van der Waals surface area contributed by atoms with Crippen molar-refractivity contribution in [3.05, 3.63) is 0 Å². The maximum Gasteiger partial charge on any atom is 0.303 e. The first-order valence-corrected chi connectivity index (χ1v) is 4.55. The van der Waals surface area contributed by atoms with Crippen LogP contribution in [0.15, 0.2) is 0 Å². The zero-order chi connectivity index (χ0) is 12.0. The fourth-order valence-corrected chi connectivity index (χ4v) is 0.976. The molecule has 7 N–H and O–H groups in total. The van der Waals surface area contributed by atoms with E-state index in [9.17, 15) is 4.79 Å². The molecule has 9 heteroatoms. The van der Waals surface area contributed by atoms with Gasteiger partial charge < -0.3 is 16.2 Å². The Balaban J connectivity index is 2.47. The number of hydrogen-bond donors (Lipinski definition) is 5. The Morgan fingerprint density at radius 2 is 2.00 bits per heavy atom. The molecule has 1 heterocycles. The molecule has 0 spiro atoms. The van der Waals surface area contributed by atoms with E-state index < -0.39 is 5.97 Å². The predicted octanol–water partition coefficient (Wildman–Crippen LogP) is -0.984. The molecule has 16 heavy (non-hydrogen) atoms. The number of rotatable bonds is 6. The molecule has 1 aromatic heterocycles. The highest BCUT2D eigenvalue weighted by molar-refractivity contribution is 5.66. The smallest absolute Gasteiger partial charge is 0.303 e. The summed E-state index contributed by atoms with van der Waals surface area (Å²) in [4.78, 5) is 21.6. The molecule has 0 amide bonds. The Labute approximate surface area is 91.3 Å². The number of anilines is 3. The van der Waals surface area contributed by atoms with Crippen LogP contribution in [0.1, 0.15) is 12.8 Å². The van der Waals surface area contributed by atoms with E-state index in [-0.39, 0.29) is 24.3 Å². The molecule has 0 unspecified atom stereocenters. The third-order valence-corrected chi connectivity index (χ3v) is 1.63. The first kappa shape index (κ1) is 11.9. The lowest BCUT2D eigenvalue weighted by molar-refractivity contribution is -0.137. The van der Waals surface area contributed by atoms with Crippen LogP contribution < -0.4 is 22.3 Å². The molecule has 0 aromatic carbocycles. The molecule has 9 nitrogen and oxygen atoms in total. The molecule has 0 atom stereocenters. The molecule has 1 aromatic rings. The summed E-state index contributed by atoms with van der Waals surface area (Å²) < 4.78 is 0. The van der Waals surface area contributed by atoms with Gasteiger partial charge in [0.05, 0.1) is 0 Å². The first-order valence-electron chi connectivity index (χ1n) is 4.55. The van der Waals surface area contributed by atoms with Gasteiger partial charge in [-0.3, -0.25) is 10.2 Å². The number of aliphatic carboxylic acids is 1. The molecule has 0 saturated heterocycles. The van der Waals surface area contributed by atoms with Crippen molar-refractivity contribution in [2.24, 2.45) is 5.84 Å². The minimum absolute atomic E-state index is 0.0312. The van der Waals surface area contributed by atoms with E-state index in [4.69, 9.17) is 16.7 Å². The molecule has 88 valence electrons. The van der Waals surface area contributed by atoms with Crippen molar-refractivity contribution in [2.75, 3.05) is 23.0 Å². The van der Waals surface area contributed by atoms with Gasteiger partial charge in [0.25, 0.3) is 0 Å². The maximum atomic E-state index is 10.2. The normalized spacial score (nSPS) is 9.81. The molecule has 1 rings (SSSR count). The maximum absolute atomic E-state index is 10.2. The van der Waals surface area contributed by atoms with Crippen LogP contribution in [-0.2, 0) is 4.79 Å². The van der Waals surface area contributed by atoms with Crippen LogP contribution in [0.2, 0.25) is 0 Å². The lowest BCUT2D eigenvalue weighted by atomic mass is 10.3. The third kappa shape index (κ3) is 3.92. The van der Waals surface area contributed by atoms with Gasteiger partial charge in [0.15, 0.2) is 0 Å². The van der Waals surface area contributed by atoms with Crippen LogP contribution in [-0.4, -0.2) is 32.6 Å². The second kappa shape index (κ2) is 5.66. The lowest BCUT2D eigenvalue weighted by Crippen LogP contribution is -2.15. The van der Waals surface area contributed by atoms with Crippen molar-refractivity contribution in [1.82, 2.24) is 15.0 Å². The number of carboxylic acid groups (broad SMARTS) is 1. The monoisotopic (exact) mass is 227 g/mol. The second-order valence-corrected chi connectivity index (χ2v) is 2.91. The molecule has 0 aliphatic heterocycles. The van der Waals surface area contributed by atoms with Crippen LogP contribution in [0.4, 0.5) is 17.8 Å². The first-order chi connectivity index (χ1) is 7.61. The van der Waals surface area contributed by atoms with Gasteiger partial charge in [0, 0.05) is 13.0 Å². The number of nitrogen functional groups attached to an aromatic ring is 2. The van der Waals surface area contributed by atoms with Gasteiger partial charge in [0.2, 0.25) is 17.8 Å². The lowest BCUT2D eigenvalue weighted by Gasteiger charge is -2.05. The van der Waals surface area contributed by atoms with Crippen LogP contribution >= 0.6 is 0 Å². The van der Waals surface area contributed by atoms with Gasteiger partial charge in [-0.1, -0.05) is 0 Å². The molecule has 0 fully saturated rings. The summed E-state index contributed by atoms with van der Waals surface area (Å²) in [5, 5.41) is 11.2. The predicted molar refractivity (Wildman–Crippen MR) is 57.4 cm³/mol. The van der Waals surface area contributed by atoms with Gasteiger partial charge in [-0.15, -0.1) is 0 Å². The summed E-state index contributed by atoms with van der Waals surface area (Å²) in [5.74, 6) is 4.71. The van der Waals surface area contributed by atoms with Crippen molar-refractivity contribution in [3.8, 4) is 0 Å². The Hall–Kier alpha value is -2.16. The summed E-state index contributed by atoms with van der Waals surface area (Å²) in [6.07, 6.45) is 0.544. The number of hydrazine groups is 1. The van der Waals surface area contributed by atoms with Crippen LogP contribution in [0.25, 0.3) is 0 Å². The Morgan fingerprint density at radius 3 is 2.62 bits per heavy atom. The van der Waals surface area contributed by atoms with Crippen molar-refractivity contribution in [3.63, 3.8) is 0 Å². The van der Waals surface area contributed by atoms with E-state index >= 15 is 0 Å². The second-order valence-electron chi connectivity index (χ2n) is 2.91. The SMILES string of the molecule is NNc1nc(N)nc(NCCCC(=O)O)n1. The zero-order valence-electron chi connectivity index (χ0n) is 8.47. The number of nitrogens with two attached hydrogens (primary N) is 2. The zero-order valence-corrected chi connectivity index (χ0v) is 8.47.